The van der Waals surface area contributed by atoms with Crippen molar-refractivity contribution in [1.82, 2.24) is 15.0 Å². The summed E-state index contributed by atoms with van der Waals surface area (Å²) in [4.78, 5) is 13.2. The summed E-state index contributed by atoms with van der Waals surface area (Å²) in [6.07, 6.45) is 5.14. The molecule has 0 bridgehead atoms. The first kappa shape index (κ1) is 47.9. The van der Waals surface area contributed by atoms with E-state index in [-0.39, 0.29) is 17.2 Å². The van der Waals surface area contributed by atoms with Crippen LogP contribution in [-0.4, -0.2) is 30.3 Å². The standard InChI is InChI=1S/3C21H15NO.2O.W/c3*23-21-19(16-10-5-2-6-11-16)14-18(15-8-3-1-4-9-15)17-12-7-13-22-20(17)21;;;/h3*1-14,23H;;;. The second-order valence-corrected chi connectivity index (χ2v) is 16.9. The summed E-state index contributed by atoms with van der Waals surface area (Å²) in [6, 6.07) is 78.2. The first-order valence-electron chi connectivity index (χ1n) is 23.0. The molecule has 8 nitrogen and oxygen atoms in total. The van der Waals surface area contributed by atoms with Crippen molar-refractivity contribution in [3.05, 3.63) is 255 Å². The third kappa shape index (κ3) is 10.6. The maximum absolute atomic E-state index is 10.7. The topological polar surface area (TPSA) is 134 Å². The Bertz CT molecular complexity index is 3400. The van der Waals surface area contributed by atoms with E-state index in [4.69, 9.17) is 6.80 Å². The third-order valence-corrected chi connectivity index (χ3v) is 12.1. The van der Waals surface area contributed by atoms with Crippen LogP contribution in [-0.2, 0) is 25.3 Å². The molecular formula is C63H45N3O5W. The van der Waals surface area contributed by atoms with Crippen LogP contribution < -0.4 is 0 Å². The quantitative estimate of drug-likeness (QED) is 0.150. The molecule has 12 rings (SSSR count). The van der Waals surface area contributed by atoms with Crippen LogP contribution >= 0.6 is 0 Å². The molecule has 3 aromatic heterocycles. The normalized spacial score (nSPS) is 10.5. The van der Waals surface area contributed by atoms with E-state index >= 15 is 0 Å². The second-order valence-electron chi connectivity index (χ2n) is 16.4. The predicted octanol–water partition coefficient (Wildman–Crippen LogP) is 15.6. The molecule has 0 saturated heterocycles. The molecule has 9 aromatic carbocycles. The number of phenols is 3. The summed E-state index contributed by atoms with van der Waals surface area (Å²) in [5, 5.41) is 35.0. The van der Waals surface area contributed by atoms with E-state index in [2.05, 4.69) is 51.4 Å². The molecule has 0 atom stereocenters. The molecule has 9 heteroatoms. The van der Waals surface area contributed by atoms with Crippen molar-refractivity contribution in [2.75, 3.05) is 0 Å². The van der Waals surface area contributed by atoms with Gasteiger partial charge in [0.1, 0.15) is 33.8 Å². The summed E-state index contributed by atoms with van der Waals surface area (Å²) in [5.74, 6) is 0.685. The Balaban J connectivity index is 0.000000130. The Morgan fingerprint density at radius 2 is 0.458 bits per heavy atom. The van der Waals surface area contributed by atoms with Gasteiger partial charge in [0.15, 0.2) is 0 Å². The second kappa shape index (κ2) is 23.0. The molecule has 0 radical (unpaired) electrons. The van der Waals surface area contributed by atoms with Crippen molar-refractivity contribution in [2.45, 2.75) is 0 Å². The molecule has 0 aliphatic heterocycles. The molecule has 0 aliphatic carbocycles. The average molecular weight is 1110 g/mol. The molecular weight excluding hydrogens is 1060 g/mol. The van der Waals surface area contributed by atoms with Gasteiger partial charge in [-0.3, -0.25) is 15.0 Å². The number of pyridine rings is 3. The Labute approximate surface area is 425 Å². The average Bonchev–Trinajstić information content (AvgIpc) is 3.45. The van der Waals surface area contributed by atoms with Gasteiger partial charge >= 0.3 is 25.3 Å². The van der Waals surface area contributed by atoms with Gasteiger partial charge < -0.3 is 15.3 Å². The molecule has 0 spiro atoms. The zero-order chi connectivity index (χ0) is 49.7. The zero-order valence-corrected chi connectivity index (χ0v) is 41.6. The fraction of sp³-hybridized carbons (Fsp3) is 0. The van der Waals surface area contributed by atoms with Crippen molar-refractivity contribution in [3.63, 3.8) is 0 Å². The van der Waals surface area contributed by atoms with E-state index in [1.807, 2.05) is 200 Å². The molecule has 0 saturated carbocycles. The van der Waals surface area contributed by atoms with Gasteiger partial charge in [-0.25, -0.2) is 0 Å². The number of hydrogen-bond donors (Lipinski definition) is 3. The molecule has 0 aliphatic rings. The van der Waals surface area contributed by atoms with Crippen LogP contribution in [0.25, 0.3) is 99.5 Å². The van der Waals surface area contributed by atoms with Gasteiger partial charge in [0.25, 0.3) is 0 Å². The van der Waals surface area contributed by atoms with Crippen molar-refractivity contribution < 1.29 is 40.6 Å². The summed E-state index contributed by atoms with van der Waals surface area (Å²) in [5.41, 5.74) is 13.8. The summed E-state index contributed by atoms with van der Waals surface area (Å²) in [6.45, 7) is 0. The van der Waals surface area contributed by atoms with Gasteiger partial charge in [0.2, 0.25) is 0 Å². The fourth-order valence-corrected chi connectivity index (χ4v) is 8.77. The zero-order valence-electron chi connectivity index (χ0n) is 38.7. The van der Waals surface area contributed by atoms with E-state index < -0.39 is 18.5 Å². The third-order valence-electron chi connectivity index (χ3n) is 12.1. The van der Waals surface area contributed by atoms with Crippen molar-refractivity contribution in [2.24, 2.45) is 0 Å². The fourth-order valence-electron chi connectivity index (χ4n) is 8.77. The number of phenolic OH excluding ortho intramolecular Hbond substituents is 3. The number of fused-ring (bicyclic) bond motifs is 3. The minimum atomic E-state index is -2.25. The van der Waals surface area contributed by atoms with Crippen LogP contribution in [0.15, 0.2) is 255 Å². The number of nitrogens with zero attached hydrogens (tertiary/aromatic N) is 3. The van der Waals surface area contributed by atoms with Crippen molar-refractivity contribution in [3.8, 4) is 84.0 Å². The van der Waals surface area contributed by atoms with Gasteiger partial charge in [-0.15, -0.1) is 0 Å². The minimum absolute atomic E-state index is 0.228. The van der Waals surface area contributed by atoms with E-state index in [1.165, 1.54) is 0 Å². The Kier molecular flexibility index (Phi) is 15.3. The molecule has 0 amide bonds. The molecule has 3 heterocycles. The van der Waals surface area contributed by atoms with Crippen molar-refractivity contribution in [1.29, 1.82) is 0 Å². The maximum atomic E-state index is 10.7. The number of hydrogen-bond acceptors (Lipinski definition) is 8. The van der Waals surface area contributed by atoms with Gasteiger partial charge in [0.05, 0.1) is 0 Å². The monoisotopic (exact) mass is 1110 g/mol. The number of rotatable bonds is 6. The van der Waals surface area contributed by atoms with E-state index in [9.17, 15) is 15.3 Å². The first-order valence-corrected chi connectivity index (χ1v) is 25.4. The van der Waals surface area contributed by atoms with Crippen LogP contribution in [0.4, 0.5) is 0 Å². The first-order chi connectivity index (χ1) is 35.4. The van der Waals surface area contributed by atoms with Gasteiger partial charge in [0, 0.05) is 51.4 Å². The van der Waals surface area contributed by atoms with Gasteiger partial charge in [-0.05, 0) is 86.5 Å². The van der Waals surface area contributed by atoms with E-state index in [1.54, 1.807) is 18.6 Å². The molecule has 72 heavy (non-hydrogen) atoms. The van der Waals surface area contributed by atoms with Crippen LogP contribution in [0.5, 0.6) is 17.2 Å². The number of benzene rings is 9. The molecule has 12 aromatic rings. The molecule has 348 valence electrons. The van der Waals surface area contributed by atoms with Crippen LogP contribution in [0.3, 0.4) is 0 Å². The number of aromatic hydroxyl groups is 3. The molecule has 3 N–H and O–H groups in total. The Morgan fingerprint density at radius 1 is 0.264 bits per heavy atom. The Morgan fingerprint density at radius 3 is 0.667 bits per heavy atom. The molecule has 0 fully saturated rings. The van der Waals surface area contributed by atoms with Gasteiger partial charge in [-0.1, -0.05) is 200 Å². The van der Waals surface area contributed by atoms with Crippen molar-refractivity contribution >= 4 is 32.7 Å². The van der Waals surface area contributed by atoms with E-state index in [0.717, 1.165) is 82.9 Å². The summed E-state index contributed by atoms with van der Waals surface area (Å²) >= 11 is -2.25. The predicted molar refractivity (Wildman–Crippen MR) is 284 cm³/mol. The van der Waals surface area contributed by atoms with E-state index in [0.29, 0.717) is 16.6 Å². The SMILES string of the molecule is Oc1c(-c2ccccc2)cc(-c2ccccc2)c2cccnc12.Oc1c(-c2ccccc2)cc(-c2ccccc2)c2cccnc12.Oc1c(-c2ccccc2)cc(-c2ccccc2)c2cccnc12.[O]=[W]=[O]. The molecule has 0 unspecified atom stereocenters. The summed E-state index contributed by atoms with van der Waals surface area (Å²) < 4.78 is 17.1. The van der Waals surface area contributed by atoms with Crippen LogP contribution in [0.1, 0.15) is 0 Å². The van der Waals surface area contributed by atoms with Crippen LogP contribution in [0.2, 0.25) is 0 Å². The number of aromatic nitrogens is 3. The van der Waals surface area contributed by atoms with Crippen LogP contribution in [0, 0.1) is 0 Å². The van der Waals surface area contributed by atoms with Gasteiger partial charge in [-0.2, -0.15) is 0 Å². The summed E-state index contributed by atoms with van der Waals surface area (Å²) in [7, 11) is 0. The Hall–Kier alpha value is -9.10.